The van der Waals surface area contributed by atoms with Gasteiger partial charge in [0, 0.05) is 11.4 Å². The van der Waals surface area contributed by atoms with Gasteiger partial charge >= 0.3 is 0 Å². The normalized spacial score (nSPS) is 17.2. The van der Waals surface area contributed by atoms with Crippen LogP contribution in [0.2, 0.25) is 0 Å². The van der Waals surface area contributed by atoms with Crippen molar-refractivity contribution in [2.75, 3.05) is 24.4 Å². The fraction of sp³-hybridized carbons (Fsp3) is 0.333. The van der Waals surface area contributed by atoms with Crippen LogP contribution in [0.25, 0.3) is 0 Å². The summed E-state index contributed by atoms with van der Waals surface area (Å²) in [5, 5.41) is 3.06. The summed E-state index contributed by atoms with van der Waals surface area (Å²) in [7, 11) is 3.12. The molecular weight excluding hydrogens is 452 g/mol. The number of β-lactam (4-membered cyclic amide) rings is 1. The van der Waals surface area contributed by atoms with Gasteiger partial charge in [-0.05, 0) is 64.9 Å². The van der Waals surface area contributed by atoms with Gasteiger partial charge in [0.05, 0.1) is 20.6 Å². The van der Waals surface area contributed by atoms with Gasteiger partial charge in [0.2, 0.25) is 5.91 Å². The molecule has 1 aliphatic rings. The zero-order chi connectivity index (χ0) is 26.0. The lowest BCUT2D eigenvalue weighted by Crippen LogP contribution is -2.67. The van der Waals surface area contributed by atoms with E-state index in [-0.39, 0.29) is 18.2 Å². The third-order valence-corrected chi connectivity index (χ3v) is 6.93. The molecule has 2 amide bonds. The van der Waals surface area contributed by atoms with E-state index in [4.69, 9.17) is 9.47 Å². The number of methoxy groups -OCH3 is 2. The summed E-state index contributed by atoms with van der Waals surface area (Å²) in [6.45, 7) is 8.50. The highest BCUT2D eigenvalue weighted by molar-refractivity contribution is 6.17. The first-order valence-electron chi connectivity index (χ1n) is 12.3. The number of hydrogen-bond acceptors (Lipinski definition) is 4. The zero-order valence-electron chi connectivity index (χ0n) is 21.8. The Labute approximate surface area is 213 Å². The Hall–Kier alpha value is -3.80. The van der Waals surface area contributed by atoms with Crippen molar-refractivity contribution in [2.24, 2.45) is 0 Å². The van der Waals surface area contributed by atoms with Crippen LogP contribution in [0.3, 0.4) is 0 Å². The zero-order valence-corrected chi connectivity index (χ0v) is 21.8. The maximum Gasteiger partial charge on any atom is 0.255 e. The number of ether oxygens (including phenoxy) is 2. The lowest BCUT2D eigenvalue weighted by molar-refractivity contribution is -0.137. The molecule has 0 aromatic heterocycles. The van der Waals surface area contributed by atoms with Gasteiger partial charge in [-0.15, -0.1) is 0 Å². The SMILES string of the molecule is COc1ccc(C2(C(=O)Nc3ccc(C(C)C)cc3)CC(=O)N2c2ccc(C(C)C)cc2)cc1OC. The summed E-state index contributed by atoms with van der Waals surface area (Å²) in [4.78, 5) is 28.7. The van der Waals surface area contributed by atoms with Gasteiger partial charge in [-0.3, -0.25) is 14.5 Å². The Morgan fingerprint density at radius 2 is 1.39 bits per heavy atom. The molecule has 1 N–H and O–H groups in total. The quantitative estimate of drug-likeness (QED) is 0.384. The highest BCUT2D eigenvalue weighted by atomic mass is 16.5. The number of anilines is 2. The minimum absolute atomic E-state index is 0.0460. The second-order valence-corrected chi connectivity index (χ2v) is 9.81. The van der Waals surface area contributed by atoms with Crippen LogP contribution in [0.1, 0.15) is 62.6 Å². The molecule has 0 spiro atoms. The monoisotopic (exact) mass is 486 g/mol. The molecule has 1 saturated heterocycles. The summed E-state index contributed by atoms with van der Waals surface area (Å²) in [5.41, 5.74) is 3.14. The Balaban J connectivity index is 1.79. The van der Waals surface area contributed by atoms with Gasteiger partial charge < -0.3 is 14.8 Å². The fourth-order valence-corrected chi connectivity index (χ4v) is 4.69. The smallest absolute Gasteiger partial charge is 0.255 e. The van der Waals surface area contributed by atoms with Crippen molar-refractivity contribution in [3.05, 3.63) is 83.4 Å². The van der Waals surface area contributed by atoms with Crippen LogP contribution >= 0.6 is 0 Å². The summed E-state index contributed by atoms with van der Waals surface area (Å²) in [5.74, 6) is 1.41. The van der Waals surface area contributed by atoms with Gasteiger partial charge in [0.25, 0.3) is 5.91 Å². The van der Waals surface area contributed by atoms with E-state index in [0.717, 1.165) is 5.56 Å². The average molecular weight is 487 g/mol. The van der Waals surface area contributed by atoms with Gasteiger partial charge in [0.15, 0.2) is 17.0 Å². The van der Waals surface area contributed by atoms with E-state index in [1.165, 1.54) is 5.56 Å². The topological polar surface area (TPSA) is 67.9 Å². The van der Waals surface area contributed by atoms with Gasteiger partial charge in [-0.1, -0.05) is 58.0 Å². The standard InChI is InChI=1S/C30H34N2O4/c1-19(2)21-7-12-24(13-8-21)31-29(34)30(23-11-16-26(35-5)27(17-23)36-6)18-28(33)32(30)25-14-9-22(10-15-25)20(3)4/h7-17,19-20H,18H2,1-6H3,(H,31,34). The van der Waals surface area contributed by atoms with Crippen molar-refractivity contribution in [1.29, 1.82) is 0 Å². The van der Waals surface area contributed by atoms with Crippen molar-refractivity contribution in [1.82, 2.24) is 0 Å². The number of benzene rings is 3. The molecule has 6 nitrogen and oxygen atoms in total. The van der Waals surface area contributed by atoms with E-state index in [9.17, 15) is 9.59 Å². The molecule has 1 fully saturated rings. The van der Waals surface area contributed by atoms with Crippen molar-refractivity contribution in [2.45, 2.75) is 51.5 Å². The van der Waals surface area contributed by atoms with E-state index in [1.54, 1.807) is 31.3 Å². The molecule has 4 rings (SSSR count). The molecule has 1 atom stereocenters. The highest BCUT2D eigenvalue weighted by Gasteiger charge is 2.58. The van der Waals surface area contributed by atoms with Crippen LogP contribution < -0.4 is 19.7 Å². The van der Waals surface area contributed by atoms with E-state index in [1.807, 2.05) is 54.6 Å². The molecule has 3 aromatic rings. The largest absolute Gasteiger partial charge is 0.493 e. The number of amides is 2. The summed E-state index contributed by atoms with van der Waals surface area (Å²) in [6.07, 6.45) is 0.0460. The number of rotatable bonds is 8. The Morgan fingerprint density at radius 3 is 1.89 bits per heavy atom. The third-order valence-electron chi connectivity index (χ3n) is 6.93. The van der Waals surface area contributed by atoms with Crippen LogP contribution in [-0.4, -0.2) is 26.0 Å². The number of nitrogens with one attached hydrogen (secondary N) is 1. The van der Waals surface area contributed by atoms with Gasteiger partial charge in [0.1, 0.15) is 0 Å². The van der Waals surface area contributed by atoms with Crippen LogP contribution in [0, 0.1) is 0 Å². The summed E-state index contributed by atoms with van der Waals surface area (Å²) >= 11 is 0. The van der Waals surface area contributed by atoms with Crippen LogP contribution in [0.15, 0.2) is 66.7 Å². The number of hydrogen-bond donors (Lipinski definition) is 1. The minimum atomic E-state index is -1.23. The Morgan fingerprint density at radius 1 is 0.833 bits per heavy atom. The fourth-order valence-electron chi connectivity index (χ4n) is 4.69. The molecule has 0 radical (unpaired) electrons. The second-order valence-electron chi connectivity index (χ2n) is 9.81. The number of nitrogens with zero attached hydrogens (tertiary/aromatic N) is 1. The second kappa shape index (κ2) is 10.1. The predicted molar refractivity (Wildman–Crippen MR) is 143 cm³/mol. The maximum absolute atomic E-state index is 14.0. The Kier molecular flexibility index (Phi) is 7.07. The van der Waals surface area contributed by atoms with Crippen molar-refractivity contribution in [3.8, 4) is 11.5 Å². The maximum atomic E-state index is 14.0. The molecule has 1 heterocycles. The van der Waals surface area contributed by atoms with Crippen LogP contribution in [-0.2, 0) is 15.1 Å². The third kappa shape index (κ3) is 4.43. The first kappa shape index (κ1) is 25.3. The predicted octanol–water partition coefficient (Wildman–Crippen LogP) is 6.22. The molecular formula is C30H34N2O4. The lowest BCUT2D eigenvalue weighted by Gasteiger charge is -2.50. The Bertz CT molecular complexity index is 1250. The summed E-state index contributed by atoms with van der Waals surface area (Å²) < 4.78 is 10.9. The molecule has 6 heteroatoms. The van der Waals surface area contributed by atoms with Crippen molar-refractivity contribution < 1.29 is 19.1 Å². The minimum Gasteiger partial charge on any atom is -0.493 e. The van der Waals surface area contributed by atoms with Crippen LogP contribution in [0.5, 0.6) is 11.5 Å². The molecule has 0 saturated carbocycles. The highest BCUT2D eigenvalue weighted by Crippen LogP contribution is 2.47. The molecule has 1 aliphatic heterocycles. The first-order chi connectivity index (χ1) is 17.2. The average Bonchev–Trinajstić information content (AvgIpc) is 2.87. The van der Waals surface area contributed by atoms with E-state index in [0.29, 0.717) is 40.3 Å². The van der Waals surface area contributed by atoms with E-state index in [2.05, 4.69) is 33.0 Å². The molecule has 188 valence electrons. The van der Waals surface area contributed by atoms with Crippen molar-refractivity contribution >= 4 is 23.2 Å². The number of carbonyl (C=O) groups excluding carboxylic acids is 2. The van der Waals surface area contributed by atoms with Gasteiger partial charge in [-0.2, -0.15) is 0 Å². The van der Waals surface area contributed by atoms with Gasteiger partial charge in [-0.25, -0.2) is 0 Å². The lowest BCUT2D eigenvalue weighted by atomic mass is 9.75. The molecule has 1 unspecified atom stereocenters. The summed E-state index contributed by atoms with van der Waals surface area (Å²) in [6, 6.07) is 21.0. The van der Waals surface area contributed by atoms with Crippen LogP contribution in [0.4, 0.5) is 11.4 Å². The van der Waals surface area contributed by atoms with E-state index < -0.39 is 5.54 Å². The number of carbonyl (C=O) groups is 2. The molecule has 0 bridgehead atoms. The molecule has 36 heavy (non-hydrogen) atoms. The molecule has 0 aliphatic carbocycles. The van der Waals surface area contributed by atoms with E-state index >= 15 is 0 Å². The van der Waals surface area contributed by atoms with Crippen molar-refractivity contribution in [3.63, 3.8) is 0 Å². The molecule has 3 aromatic carbocycles. The first-order valence-corrected chi connectivity index (χ1v) is 12.3.